The lowest BCUT2D eigenvalue weighted by Crippen LogP contribution is -2.02. The Morgan fingerprint density at radius 1 is 1.53 bits per heavy atom. The molecule has 0 aromatic carbocycles. The first-order valence-electron chi connectivity index (χ1n) is 5.20. The smallest absolute Gasteiger partial charge is 0.112 e. The van der Waals surface area contributed by atoms with E-state index >= 15 is 0 Å². The minimum absolute atomic E-state index is 0.560. The minimum atomic E-state index is 0.560. The molecular weight excluding hydrogens is 188 g/mol. The van der Waals surface area contributed by atoms with Crippen molar-refractivity contribution in [1.29, 1.82) is 5.26 Å². The van der Waals surface area contributed by atoms with Gasteiger partial charge in [-0.05, 0) is 12.5 Å². The maximum atomic E-state index is 8.97. The van der Waals surface area contributed by atoms with Crippen LogP contribution in [-0.4, -0.2) is 0 Å². The fourth-order valence-corrected chi connectivity index (χ4v) is 1.52. The van der Waals surface area contributed by atoms with E-state index < -0.39 is 0 Å². The molecular formula is C12H16N2O. The molecule has 1 heterocycles. The predicted molar refractivity (Wildman–Crippen MR) is 59.7 cm³/mol. The lowest BCUT2D eigenvalue weighted by atomic mass is 10.0. The number of nitrogens with zero attached hydrogens (tertiary/aromatic N) is 1. The summed E-state index contributed by atoms with van der Waals surface area (Å²) in [5, 5.41) is 8.97. The number of rotatable bonds is 4. The molecule has 3 nitrogen and oxygen atoms in total. The molecule has 2 N–H and O–H groups in total. The fraction of sp³-hybridized carbons (Fsp3) is 0.417. The van der Waals surface area contributed by atoms with E-state index in [4.69, 9.17) is 15.4 Å². The summed E-state index contributed by atoms with van der Waals surface area (Å²) in [7, 11) is 0. The molecule has 0 aliphatic heterocycles. The van der Waals surface area contributed by atoms with Crippen LogP contribution in [-0.2, 0) is 6.42 Å². The van der Waals surface area contributed by atoms with Crippen LogP contribution in [0.15, 0.2) is 22.3 Å². The molecule has 15 heavy (non-hydrogen) atoms. The van der Waals surface area contributed by atoms with E-state index in [0.29, 0.717) is 11.3 Å². The largest absolute Gasteiger partial charge is 0.469 e. The van der Waals surface area contributed by atoms with Gasteiger partial charge in [-0.3, -0.25) is 0 Å². The van der Waals surface area contributed by atoms with Crippen LogP contribution >= 0.6 is 0 Å². The molecule has 0 amide bonds. The van der Waals surface area contributed by atoms with Crippen molar-refractivity contribution in [3.63, 3.8) is 0 Å². The Hall–Kier alpha value is -1.69. The number of allylic oxidation sites excluding steroid dienone is 1. The van der Waals surface area contributed by atoms with E-state index in [0.717, 1.165) is 30.6 Å². The van der Waals surface area contributed by atoms with E-state index in [1.807, 2.05) is 19.9 Å². The van der Waals surface area contributed by atoms with Gasteiger partial charge in [-0.25, -0.2) is 0 Å². The van der Waals surface area contributed by atoms with Gasteiger partial charge in [0.1, 0.15) is 5.76 Å². The minimum Gasteiger partial charge on any atom is -0.469 e. The van der Waals surface area contributed by atoms with Crippen LogP contribution in [0.3, 0.4) is 0 Å². The van der Waals surface area contributed by atoms with E-state index in [-0.39, 0.29) is 0 Å². The number of hydrogen-bond acceptors (Lipinski definition) is 3. The molecule has 0 radical (unpaired) electrons. The summed E-state index contributed by atoms with van der Waals surface area (Å²) >= 11 is 0. The average Bonchev–Trinajstić information content (AvgIpc) is 2.72. The van der Waals surface area contributed by atoms with Gasteiger partial charge in [0, 0.05) is 12.0 Å². The molecule has 0 saturated carbocycles. The average molecular weight is 204 g/mol. The van der Waals surface area contributed by atoms with Crippen molar-refractivity contribution in [3.05, 3.63) is 29.2 Å². The van der Waals surface area contributed by atoms with Crippen LogP contribution in [0.4, 0.5) is 0 Å². The Balaban J connectivity index is 3.11. The van der Waals surface area contributed by atoms with Crippen molar-refractivity contribution < 1.29 is 4.42 Å². The molecule has 0 atom stereocenters. The van der Waals surface area contributed by atoms with Gasteiger partial charge >= 0.3 is 0 Å². The van der Waals surface area contributed by atoms with Crippen molar-refractivity contribution in [2.45, 2.75) is 33.1 Å². The maximum absolute atomic E-state index is 8.97. The Morgan fingerprint density at radius 3 is 2.80 bits per heavy atom. The quantitative estimate of drug-likeness (QED) is 0.767. The summed E-state index contributed by atoms with van der Waals surface area (Å²) in [5.74, 6) is 0.844. The monoisotopic (exact) mass is 204 g/mol. The highest BCUT2D eigenvalue weighted by Crippen LogP contribution is 2.21. The molecule has 0 unspecified atom stereocenters. The number of nitrogens with two attached hydrogens (primary N) is 1. The number of nitriles is 1. The first-order chi connectivity index (χ1) is 7.24. The van der Waals surface area contributed by atoms with E-state index in [2.05, 4.69) is 6.07 Å². The predicted octanol–water partition coefficient (Wildman–Crippen LogP) is 2.84. The standard InChI is InChI=1S/C12H16N2O/c1-3-5-9(8-13)12(14)10-6-7-15-11(10)4-2/h6-7H,3-5,14H2,1-2H3/b12-9-. The van der Waals surface area contributed by atoms with Gasteiger partial charge in [0.25, 0.3) is 0 Å². The second-order valence-corrected chi connectivity index (χ2v) is 3.37. The molecule has 0 aliphatic carbocycles. The second-order valence-electron chi connectivity index (χ2n) is 3.37. The summed E-state index contributed by atoms with van der Waals surface area (Å²) in [6.45, 7) is 4.03. The van der Waals surface area contributed by atoms with Crippen LogP contribution in [0.1, 0.15) is 38.0 Å². The summed E-state index contributed by atoms with van der Waals surface area (Å²) in [5.41, 5.74) is 8.02. The highest BCUT2D eigenvalue weighted by atomic mass is 16.3. The highest BCUT2D eigenvalue weighted by molar-refractivity contribution is 5.70. The third kappa shape index (κ3) is 2.41. The Kier molecular flexibility index (Phi) is 3.99. The van der Waals surface area contributed by atoms with Crippen molar-refractivity contribution in [2.75, 3.05) is 0 Å². The first kappa shape index (κ1) is 11.4. The topological polar surface area (TPSA) is 63.0 Å². The van der Waals surface area contributed by atoms with Gasteiger partial charge in [-0.2, -0.15) is 5.26 Å². The van der Waals surface area contributed by atoms with Gasteiger partial charge in [-0.15, -0.1) is 0 Å². The summed E-state index contributed by atoms with van der Waals surface area (Å²) in [6, 6.07) is 3.98. The van der Waals surface area contributed by atoms with Gasteiger partial charge in [0.15, 0.2) is 0 Å². The number of hydrogen-bond donors (Lipinski definition) is 1. The van der Waals surface area contributed by atoms with Crippen LogP contribution in [0.5, 0.6) is 0 Å². The van der Waals surface area contributed by atoms with Crippen molar-refractivity contribution >= 4 is 5.70 Å². The molecule has 1 aromatic rings. The molecule has 3 heteroatoms. The lowest BCUT2D eigenvalue weighted by molar-refractivity contribution is 0.515. The first-order valence-corrected chi connectivity index (χ1v) is 5.20. The molecule has 0 aliphatic rings. The number of aryl methyl sites for hydroxylation is 1. The third-order valence-corrected chi connectivity index (χ3v) is 2.32. The zero-order valence-electron chi connectivity index (χ0n) is 9.21. The van der Waals surface area contributed by atoms with Gasteiger partial charge < -0.3 is 10.2 Å². The third-order valence-electron chi connectivity index (χ3n) is 2.32. The summed E-state index contributed by atoms with van der Waals surface area (Å²) in [6.07, 6.45) is 4.04. The van der Waals surface area contributed by atoms with E-state index in [1.54, 1.807) is 6.26 Å². The molecule has 0 saturated heterocycles. The molecule has 80 valence electrons. The molecule has 1 aromatic heterocycles. The number of furan rings is 1. The van der Waals surface area contributed by atoms with Crippen LogP contribution < -0.4 is 5.73 Å². The zero-order valence-corrected chi connectivity index (χ0v) is 9.21. The second kappa shape index (κ2) is 5.26. The molecule has 0 fully saturated rings. The van der Waals surface area contributed by atoms with E-state index in [1.165, 1.54) is 0 Å². The van der Waals surface area contributed by atoms with Gasteiger partial charge in [0.05, 0.1) is 23.6 Å². The Bertz CT molecular complexity index is 396. The SMILES string of the molecule is CCC/C(C#N)=C(/N)c1ccoc1CC. The summed E-state index contributed by atoms with van der Waals surface area (Å²) < 4.78 is 5.28. The van der Waals surface area contributed by atoms with Crippen LogP contribution in [0, 0.1) is 11.3 Å². The highest BCUT2D eigenvalue weighted by Gasteiger charge is 2.11. The summed E-state index contributed by atoms with van der Waals surface area (Å²) in [4.78, 5) is 0. The molecule has 0 bridgehead atoms. The Morgan fingerprint density at radius 2 is 2.27 bits per heavy atom. The van der Waals surface area contributed by atoms with Crippen LogP contribution in [0.25, 0.3) is 5.70 Å². The van der Waals surface area contributed by atoms with Crippen molar-refractivity contribution in [3.8, 4) is 6.07 Å². The Labute approximate surface area is 90.2 Å². The molecule has 0 spiro atoms. The van der Waals surface area contributed by atoms with Crippen LogP contribution in [0.2, 0.25) is 0 Å². The fourth-order valence-electron chi connectivity index (χ4n) is 1.52. The molecule has 1 rings (SSSR count). The van der Waals surface area contributed by atoms with E-state index in [9.17, 15) is 0 Å². The van der Waals surface area contributed by atoms with Gasteiger partial charge in [-0.1, -0.05) is 20.3 Å². The maximum Gasteiger partial charge on any atom is 0.112 e. The van der Waals surface area contributed by atoms with Crippen molar-refractivity contribution in [1.82, 2.24) is 0 Å². The lowest BCUT2D eigenvalue weighted by Gasteiger charge is -2.04. The normalized spacial score (nSPS) is 12.1. The van der Waals surface area contributed by atoms with Gasteiger partial charge in [0.2, 0.25) is 0 Å². The zero-order chi connectivity index (χ0) is 11.3. The van der Waals surface area contributed by atoms with Crippen molar-refractivity contribution in [2.24, 2.45) is 5.73 Å².